The van der Waals surface area contributed by atoms with Crippen molar-refractivity contribution in [1.82, 2.24) is 0 Å². The topological polar surface area (TPSA) is 57.2 Å². The van der Waals surface area contributed by atoms with E-state index in [1.165, 1.54) is 0 Å². The molecular formula is C3H6BrLiO3S. The summed E-state index contributed by atoms with van der Waals surface area (Å²) in [5, 5.41) is 0.564. The third kappa shape index (κ3) is 12.2. The molecule has 0 bridgehead atoms. The average Bonchev–Trinajstić information content (AvgIpc) is 1.59. The van der Waals surface area contributed by atoms with Crippen LogP contribution >= 0.6 is 15.9 Å². The largest absolute Gasteiger partial charge is 1.00 e. The third-order valence-electron chi connectivity index (χ3n) is 0.528. The van der Waals surface area contributed by atoms with Gasteiger partial charge in [-0.25, -0.2) is 8.42 Å². The fraction of sp³-hybridized carbons (Fsp3) is 1.00. The van der Waals surface area contributed by atoms with E-state index in [9.17, 15) is 13.0 Å². The van der Waals surface area contributed by atoms with Crippen molar-refractivity contribution in [3.8, 4) is 0 Å². The molecule has 0 saturated carbocycles. The van der Waals surface area contributed by atoms with Gasteiger partial charge in [0.1, 0.15) is 0 Å². The second kappa shape index (κ2) is 5.75. The zero-order valence-corrected chi connectivity index (χ0v) is 7.53. The summed E-state index contributed by atoms with van der Waals surface area (Å²) in [7, 11) is -3.97. The minimum Gasteiger partial charge on any atom is -0.748 e. The van der Waals surface area contributed by atoms with Gasteiger partial charge in [0.25, 0.3) is 0 Å². The van der Waals surface area contributed by atoms with Crippen molar-refractivity contribution < 1.29 is 31.8 Å². The maximum atomic E-state index is 9.81. The molecule has 0 N–H and O–H groups in total. The molecule has 3 nitrogen and oxygen atoms in total. The Balaban J connectivity index is 0. The number of rotatable bonds is 3. The first-order valence-electron chi connectivity index (χ1n) is 2.06. The van der Waals surface area contributed by atoms with Crippen molar-refractivity contribution in [1.29, 1.82) is 0 Å². The molecule has 0 fully saturated rings. The van der Waals surface area contributed by atoms with Gasteiger partial charge in [0, 0.05) is 11.1 Å². The van der Waals surface area contributed by atoms with Gasteiger partial charge in [0.2, 0.25) is 0 Å². The zero-order valence-electron chi connectivity index (χ0n) is 5.13. The number of halogens is 1. The molecule has 0 aliphatic carbocycles. The van der Waals surface area contributed by atoms with Crippen LogP contribution in [0.1, 0.15) is 6.42 Å². The molecule has 0 aliphatic heterocycles. The predicted octanol–water partition coefficient (Wildman–Crippen LogP) is -2.68. The summed E-state index contributed by atoms with van der Waals surface area (Å²) < 4.78 is 29.4. The standard InChI is InChI=1S/C3H7BrO3S.Li/c4-2-1-3-8(5,6)7;/h1-3H2,(H,5,6,7);/q;+1/p-1. The second-order valence-electron chi connectivity index (χ2n) is 1.30. The predicted molar refractivity (Wildman–Crippen MR) is 33.0 cm³/mol. The molecule has 0 aromatic carbocycles. The van der Waals surface area contributed by atoms with Gasteiger partial charge < -0.3 is 4.55 Å². The van der Waals surface area contributed by atoms with E-state index in [1.54, 1.807) is 0 Å². The van der Waals surface area contributed by atoms with Crippen LogP contribution in [0, 0.1) is 0 Å². The molecule has 0 aliphatic rings. The molecule has 0 amide bonds. The summed E-state index contributed by atoms with van der Waals surface area (Å²) in [6.45, 7) is 0. The summed E-state index contributed by atoms with van der Waals surface area (Å²) in [5.41, 5.74) is 0. The molecule has 6 heteroatoms. The van der Waals surface area contributed by atoms with Gasteiger partial charge in [-0.2, -0.15) is 0 Å². The van der Waals surface area contributed by atoms with Crippen molar-refractivity contribution >= 4 is 26.0 Å². The normalized spacial score (nSPS) is 10.4. The van der Waals surface area contributed by atoms with Gasteiger partial charge >= 0.3 is 18.9 Å². The van der Waals surface area contributed by atoms with E-state index in [0.717, 1.165) is 0 Å². The molecule has 50 valence electrons. The Hall–Kier alpha value is 0.987. The van der Waals surface area contributed by atoms with Gasteiger partial charge in [-0.05, 0) is 6.42 Å². The van der Waals surface area contributed by atoms with E-state index in [-0.39, 0.29) is 24.6 Å². The van der Waals surface area contributed by atoms with Gasteiger partial charge in [-0.15, -0.1) is 0 Å². The third-order valence-corrected chi connectivity index (χ3v) is 1.88. The van der Waals surface area contributed by atoms with Crippen molar-refractivity contribution in [3.05, 3.63) is 0 Å². The molecule has 0 aromatic heterocycles. The van der Waals surface area contributed by atoms with Crippen molar-refractivity contribution in [2.45, 2.75) is 6.42 Å². The maximum absolute atomic E-state index is 9.81. The Bertz CT molecular complexity index is 143. The molecule has 0 aromatic rings. The SMILES string of the molecule is O=S(=O)([O-])CCCBr.[Li+]. The van der Waals surface area contributed by atoms with Crippen LogP contribution in [-0.2, 0) is 10.1 Å². The Morgan fingerprint density at radius 2 is 1.89 bits per heavy atom. The van der Waals surface area contributed by atoms with Gasteiger partial charge in [0.15, 0.2) is 0 Å². The van der Waals surface area contributed by atoms with Crippen LogP contribution in [0.3, 0.4) is 0 Å². The van der Waals surface area contributed by atoms with Crippen molar-refractivity contribution in [2.75, 3.05) is 11.1 Å². The monoisotopic (exact) mass is 208 g/mol. The number of hydrogen-bond acceptors (Lipinski definition) is 3. The van der Waals surface area contributed by atoms with E-state index in [1.807, 2.05) is 0 Å². The number of alkyl halides is 1. The Kier molecular flexibility index (Phi) is 8.08. The quantitative estimate of drug-likeness (QED) is 0.289. The van der Waals surface area contributed by atoms with Crippen LogP contribution in [0.25, 0.3) is 0 Å². The molecule has 0 unspecified atom stereocenters. The Labute approximate surface area is 75.3 Å². The minimum atomic E-state index is -3.97. The molecular weight excluding hydrogens is 203 g/mol. The van der Waals surface area contributed by atoms with Crippen molar-refractivity contribution in [3.63, 3.8) is 0 Å². The fourth-order valence-corrected chi connectivity index (χ4v) is 1.38. The van der Waals surface area contributed by atoms with Crippen LogP contribution < -0.4 is 18.9 Å². The van der Waals surface area contributed by atoms with Crippen LogP contribution in [0.4, 0.5) is 0 Å². The Morgan fingerprint density at radius 1 is 1.44 bits per heavy atom. The van der Waals surface area contributed by atoms with Crippen LogP contribution in [0.2, 0.25) is 0 Å². The summed E-state index contributed by atoms with van der Waals surface area (Å²) in [6, 6.07) is 0. The van der Waals surface area contributed by atoms with Crippen molar-refractivity contribution in [2.24, 2.45) is 0 Å². The average molecular weight is 209 g/mol. The first-order chi connectivity index (χ1) is 3.56. The molecule has 0 spiro atoms. The van der Waals surface area contributed by atoms with E-state index in [2.05, 4.69) is 15.9 Å². The van der Waals surface area contributed by atoms with E-state index in [0.29, 0.717) is 11.8 Å². The van der Waals surface area contributed by atoms with Crippen LogP contribution in [0.15, 0.2) is 0 Å². The van der Waals surface area contributed by atoms with Gasteiger partial charge in [0.05, 0.1) is 10.1 Å². The zero-order chi connectivity index (χ0) is 6.62. The first kappa shape index (κ1) is 12.6. The van der Waals surface area contributed by atoms with E-state index in [4.69, 9.17) is 0 Å². The maximum Gasteiger partial charge on any atom is 1.00 e. The molecule has 9 heavy (non-hydrogen) atoms. The summed E-state index contributed by atoms with van der Waals surface area (Å²) in [4.78, 5) is 0. The molecule has 0 rings (SSSR count). The first-order valence-corrected chi connectivity index (χ1v) is 4.75. The smallest absolute Gasteiger partial charge is 0.748 e. The minimum absolute atomic E-state index is 0. The Morgan fingerprint density at radius 3 is 2.00 bits per heavy atom. The van der Waals surface area contributed by atoms with E-state index < -0.39 is 10.1 Å². The van der Waals surface area contributed by atoms with Gasteiger partial charge in [-0.1, -0.05) is 15.9 Å². The second-order valence-corrected chi connectivity index (χ2v) is 3.62. The fourth-order valence-electron chi connectivity index (χ4n) is 0.231. The summed E-state index contributed by atoms with van der Waals surface area (Å²) in [6.07, 6.45) is 0.395. The van der Waals surface area contributed by atoms with Crippen LogP contribution in [0.5, 0.6) is 0 Å². The molecule has 0 atom stereocenters. The molecule has 0 radical (unpaired) electrons. The van der Waals surface area contributed by atoms with E-state index >= 15 is 0 Å². The summed E-state index contributed by atoms with van der Waals surface area (Å²) >= 11 is 3.00. The van der Waals surface area contributed by atoms with Crippen LogP contribution in [-0.4, -0.2) is 24.1 Å². The molecule has 0 saturated heterocycles. The summed E-state index contributed by atoms with van der Waals surface area (Å²) in [5.74, 6) is -0.266. The van der Waals surface area contributed by atoms with Gasteiger partial charge in [-0.3, -0.25) is 0 Å². The number of hydrogen-bond donors (Lipinski definition) is 0. The molecule has 0 heterocycles.